The van der Waals surface area contributed by atoms with Crippen LogP contribution in [0.4, 0.5) is 0 Å². The van der Waals surface area contributed by atoms with Crippen molar-refractivity contribution in [1.82, 2.24) is 4.98 Å². The van der Waals surface area contributed by atoms with Gasteiger partial charge in [-0.15, -0.1) is 0 Å². The van der Waals surface area contributed by atoms with Gasteiger partial charge in [0.05, 0.1) is 0 Å². The van der Waals surface area contributed by atoms with Gasteiger partial charge < -0.3 is 0 Å². The number of nitrogens with zero attached hydrogens (tertiary/aromatic N) is 1. The second-order valence-corrected chi connectivity index (χ2v) is 3.00. The van der Waals surface area contributed by atoms with E-state index in [-0.39, 0.29) is 11.5 Å². The zero-order valence-corrected chi connectivity index (χ0v) is 7.08. The third kappa shape index (κ3) is 2.84. The minimum Gasteiger partial charge on any atom is -0.290 e. The lowest BCUT2D eigenvalue weighted by Gasteiger charge is -1.94. The van der Waals surface area contributed by atoms with Crippen LogP contribution in [0.5, 0.6) is 0 Å². The monoisotopic (exact) mass is 181 g/mol. The van der Waals surface area contributed by atoms with E-state index in [1.54, 1.807) is 24.5 Å². The second kappa shape index (κ2) is 4.66. The lowest BCUT2D eigenvalue weighted by atomic mass is 10.2. The molecule has 1 aromatic heterocycles. The van der Waals surface area contributed by atoms with Crippen LogP contribution in [0.25, 0.3) is 0 Å². The van der Waals surface area contributed by atoms with E-state index in [0.717, 1.165) is 5.56 Å². The first-order chi connectivity index (χ1) is 5.83. The Balaban J connectivity index is 2.52. The van der Waals surface area contributed by atoms with Crippen LogP contribution >= 0.6 is 11.8 Å². The Morgan fingerprint density at radius 3 is 2.75 bits per heavy atom. The van der Waals surface area contributed by atoms with Crippen LogP contribution in [0, 0.1) is 0 Å². The molecule has 12 heavy (non-hydrogen) atoms. The fraction of sp³-hybridized carbons (Fsp3) is 0.125. The van der Waals surface area contributed by atoms with E-state index in [9.17, 15) is 9.59 Å². The number of carbonyl (C=O) groups is 2. The van der Waals surface area contributed by atoms with Gasteiger partial charge in [0.1, 0.15) is 0 Å². The molecule has 1 aromatic rings. The maximum Gasteiger partial charge on any atom is 0.200 e. The summed E-state index contributed by atoms with van der Waals surface area (Å²) >= 11 is 0.686. The zero-order chi connectivity index (χ0) is 8.81. The Kier molecular flexibility index (Phi) is 3.47. The minimum atomic E-state index is -0.142. The van der Waals surface area contributed by atoms with E-state index in [2.05, 4.69) is 4.98 Å². The predicted molar refractivity (Wildman–Crippen MR) is 47.3 cm³/mol. The Morgan fingerprint density at radius 1 is 1.50 bits per heavy atom. The van der Waals surface area contributed by atoms with Crippen LogP contribution in [-0.2, 0) is 16.0 Å². The molecule has 62 valence electrons. The van der Waals surface area contributed by atoms with E-state index >= 15 is 0 Å². The van der Waals surface area contributed by atoms with E-state index in [0.29, 0.717) is 17.4 Å². The van der Waals surface area contributed by atoms with Crippen LogP contribution in [0.15, 0.2) is 24.5 Å². The Labute approximate surface area is 74.2 Å². The van der Waals surface area contributed by atoms with Gasteiger partial charge in [-0.05, 0) is 29.5 Å². The van der Waals surface area contributed by atoms with Crippen molar-refractivity contribution in [3.8, 4) is 0 Å². The maximum atomic E-state index is 10.9. The molecule has 0 saturated carbocycles. The summed E-state index contributed by atoms with van der Waals surface area (Å²) in [6.45, 7) is 0. The number of aromatic nitrogens is 1. The Bertz CT molecular complexity index is 274. The van der Waals surface area contributed by atoms with Gasteiger partial charge in [-0.1, -0.05) is 0 Å². The SMILES string of the molecule is O=CSC(=O)Cc1ccncc1. The van der Waals surface area contributed by atoms with Gasteiger partial charge >= 0.3 is 0 Å². The Hall–Kier alpha value is -1.16. The number of carbonyl (C=O) groups excluding carboxylic acids is 2. The van der Waals surface area contributed by atoms with Gasteiger partial charge in [-0.25, -0.2) is 0 Å². The van der Waals surface area contributed by atoms with Crippen LogP contribution in [0.2, 0.25) is 0 Å². The van der Waals surface area contributed by atoms with E-state index in [4.69, 9.17) is 0 Å². The van der Waals surface area contributed by atoms with Crippen molar-refractivity contribution < 1.29 is 9.59 Å². The van der Waals surface area contributed by atoms with Crippen molar-refractivity contribution in [2.45, 2.75) is 6.42 Å². The fourth-order valence-corrected chi connectivity index (χ4v) is 1.12. The van der Waals surface area contributed by atoms with Gasteiger partial charge in [0.15, 0.2) is 5.62 Å². The second-order valence-electron chi connectivity index (χ2n) is 2.12. The molecule has 0 N–H and O–H groups in total. The van der Waals surface area contributed by atoms with E-state index in [1.807, 2.05) is 0 Å². The van der Waals surface area contributed by atoms with E-state index < -0.39 is 0 Å². The Morgan fingerprint density at radius 2 is 2.17 bits per heavy atom. The van der Waals surface area contributed by atoms with Crippen LogP contribution in [0.1, 0.15) is 5.56 Å². The highest BCUT2D eigenvalue weighted by Gasteiger charge is 2.02. The largest absolute Gasteiger partial charge is 0.290 e. The number of hydrogen-bond donors (Lipinski definition) is 0. The molecule has 0 unspecified atom stereocenters. The highest BCUT2D eigenvalue weighted by Crippen LogP contribution is 2.04. The smallest absolute Gasteiger partial charge is 0.200 e. The van der Waals surface area contributed by atoms with Crippen molar-refractivity contribution in [3.63, 3.8) is 0 Å². The fourth-order valence-electron chi connectivity index (χ4n) is 0.763. The van der Waals surface area contributed by atoms with Gasteiger partial charge in [-0.3, -0.25) is 14.6 Å². The average molecular weight is 181 g/mol. The van der Waals surface area contributed by atoms with Crippen molar-refractivity contribution in [3.05, 3.63) is 30.1 Å². The summed E-state index contributed by atoms with van der Waals surface area (Å²) in [6.07, 6.45) is 3.52. The minimum absolute atomic E-state index is 0.142. The molecule has 1 rings (SSSR count). The topological polar surface area (TPSA) is 47.0 Å². The molecule has 0 bridgehead atoms. The lowest BCUT2D eigenvalue weighted by Crippen LogP contribution is -1.96. The number of rotatable bonds is 3. The first-order valence-corrected chi connectivity index (χ1v) is 4.23. The van der Waals surface area contributed by atoms with Crippen molar-refractivity contribution in [1.29, 1.82) is 0 Å². The molecular formula is C8H7NO2S. The zero-order valence-electron chi connectivity index (χ0n) is 6.27. The summed E-state index contributed by atoms with van der Waals surface area (Å²) in [7, 11) is 0. The summed E-state index contributed by atoms with van der Waals surface area (Å²) in [5.41, 5.74) is 1.42. The third-order valence-corrected chi connectivity index (χ3v) is 1.78. The molecule has 0 aliphatic rings. The van der Waals surface area contributed by atoms with Crippen LogP contribution in [0.3, 0.4) is 0 Å². The third-order valence-electron chi connectivity index (χ3n) is 1.28. The van der Waals surface area contributed by atoms with Crippen LogP contribution in [-0.4, -0.2) is 15.7 Å². The first-order valence-electron chi connectivity index (χ1n) is 3.35. The molecule has 0 spiro atoms. The van der Waals surface area contributed by atoms with Gasteiger partial charge in [-0.2, -0.15) is 0 Å². The molecule has 0 aromatic carbocycles. The molecule has 1 heterocycles. The summed E-state index contributed by atoms with van der Waals surface area (Å²) in [6, 6.07) is 3.51. The van der Waals surface area contributed by atoms with Crippen molar-refractivity contribution in [2.75, 3.05) is 0 Å². The highest BCUT2D eigenvalue weighted by atomic mass is 32.2. The lowest BCUT2D eigenvalue weighted by molar-refractivity contribution is -0.110. The quantitative estimate of drug-likeness (QED) is 0.654. The van der Waals surface area contributed by atoms with Gasteiger partial charge in [0.2, 0.25) is 5.12 Å². The summed E-state index contributed by atoms with van der Waals surface area (Å²) in [5.74, 6) is 0. The van der Waals surface area contributed by atoms with Crippen molar-refractivity contribution in [2.24, 2.45) is 0 Å². The van der Waals surface area contributed by atoms with Gasteiger partial charge in [0, 0.05) is 18.8 Å². The molecular weight excluding hydrogens is 174 g/mol. The summed E-state index contributed by atoms with van der Waals surface area (Å²) in [5, 5.41) is -0.142. The molecule has 3 nitrogen and oxygen atoms in total. The average Bonchev–Trinajstić information content (AvgIpc) is 2.06. The number of hydrogen-bond acceptors (Lipinski definition) is 4. The molecule has 0 radical (unpaired) electrons. The molecule has 0 aliphatic heterocycles. The normalized spacial score (nSPS) is 9.33. The molecule has 0 atom stereocenters. The van der Waals surface area contributed by atoms with Crippen LogP contribution < -0.4 is 0 Å². The first kappa shape index (κ1) is 8.93. The molecule has 0 fully saturated rings. The summed E-state index contributed by atoms with van der Waals surface area (Å²) < 4.78 is 0. The molecule has 0 saturated heterocycles. The predicted octanol–water partition coefficient (Wildman–Crippen LogP) is 1.07. The summed E-state index contributed by atoms with van der Waals surface area (Å²) in [4.78, 5) is 24.7. The maximum absolute atomic E-state index is 10.9. The van der Waals surface area contributed by atoms with Crippen molar-refractivity contribution >= 4 is 22.5 Å². The molecule has 0 aliphatic carbocycles. The number of thioether (sulfide) groups is 1. The molecule has 4 heteroatoms. The standard InChI is InChI=1S/C8H7NO2S/c10-6-12-8(11)5-7-1-3-9-4-2-7/h1-4,6H,5H2. The number of pyridine rings is 1. The van der Waals surface area contributed by atoms with E-state index in [1.165, 1.54) is 0 Å². The highest BCUT2D eigenvalue weighted by molar-refractivity contribution is 8.24. The van der Waals surface area contributed by atoms with Gasteiger partial charge in [0.25, 0.3) is 0 Å². The molecule has 0 amide bonds.